The zero-order chi connectivity index (χ0) is 13.9. The molecule has 2 saturated heterocycles. The summed E-state index contributed by atoms with van der Waals surface area (Å²) in [6, 6.07) is 1.24. The van der Waals surface area contributed by atoms with Gasteiger partial charge in [0.05, 0.1) is 17.8 Å². The van der Waals surface area contributed by atoms with Crippen LogP contribution in [-0.4, -0.2) is 36.5 Å². The Hall–Kier alpha value is -0.120. The van der Waals surface area contributed by atoms with Gasteiger partial charge >= 0.3 is 0 Å². The van der Waals surface area contributed by atoms with E-state index in [1.807, 2.05) is 0 Å². The van der Waals surface area contributed by atoms with Crippen LogP contribution in [0, 0.1) is 0 Å². The summed E-state index contributed by atoms with van der Waals surface area (Å²) in [5, 5.41) is 3.88. The van der Waals surface area contributed by atoms with Gasteiger partial charge in [0.2, 0.25) is 0 Å². The molecule has 0 spiro atoms. The fourth-order valence-corrected chi connectivity index (χ4v) is 3.79. The molecule has 0 aromatic carbocycles. The molecule has 2 aliphatic heterocycles. The van der Waals surface area contributed by atoms with Crippen LogP contribution in [0.4, 0.5) is 0 Å². The average molecular weight is 269 g/mol. The lowest BCUT2D eigenvalue weighted by Gasteiger charge is -2.43. The van der Waals surface area contributed by atoms with Gasteiger partial charge in [0.15, 0.2) is 0 Å². The van der Waals surface area contributed by atoms with Crippen molar-refractivity contribution in [2.75, 3.05) is 6.61 Å². The first-order valence-electron chi connectivity index (χ1n) is 8.12. The maximum absolute atomic E-state index is 6.06. The van der Waals surface area contributed by atoms with E-state index in [0.29, 0.717) is 24.3 Å². The molecule has 0 saturated carbocycles. The summed E-state index contributed by atoms with van der Waals surface area (Å²) in [6.07, 6.45) is 7.65. The van der Waals surface area contributed by atoms with Gasteiger partial charge in [-0.2, -0.15) is 0 Å². The standard InChI is InChI=1S/C16H31NO2/c1-5-16(6-2)11-14(7-8-18-16)17-15-9-12(3)19-13(4)10-15/h12-15,17H,5-11H2,1-4H3. The molecular weight excluding hydrogens is 238 g/mol. The molecule has 2 fully saturated rings. The monoisotopic (exact) mass is 269 g/mol. The van der Waals surface area contributed by atoms with E-state index in [-0.39, 0.29) is 5.60 Å². The van der Waals surface area contributed by atoms with E-state index in [1.165, 1.54) is 6.42 Å². The zero-order valence-corrected chi connectivity index (χ0v) is 13.1. The molecule has 2 aliphatic rings. The summed E-state index contributed by atoms with van der Waals surface area (Å²) in [5.74, 6) is 0. The van der Waals surface area contributed by atoms with Gasteiger partial charge in [0.1, 0.15) is 0 Å². The number of ether oxygens (including phenoxy) is 2. The van der Waals surface area contributed by atoms with Crippen molar-refractivity contribution in [3.63, 3.8) is 0 Å². The van der Waals surface area contributed by atoms with E-state index in [2.05, 4.69) is 33.0 Å². The van der Waals surface area contributed by atoms with Crippen molar-refractivity contribution in [2.24, 2.45) is 0 Å². The fourth-order valence-electron chi connectivity index (χ4n) is 3.79. The van der Waals surface area contributed by atoms with Crippen LogP contribution < -0.4 is 5.32 Å². The lowest BCUT2D eigenvalue weighted by molar-refractivity contribution is -0.0983. The molecule has 3 heteroatoms. The summed E-state index contributed by atoms with van der Waals surface area (Å²) < 4.78 is 11.9. The first-order valence-corrected chi connectivity index (χ1v) is 8.12. The molecule has 112 valence electrons. The Labute approximate surface area is 118 Å². The van der Waals surface area contributed by atoms with E-state index >= 15 is 0 Å². The highest BCUT2D eigenvalue weighted by molar-refractivity contribution is 4.91. The molecule has 0 aromatic rings. The van der Waals surface area contributed by atoms with Crippen molar-refractivity contribution in [3.05, 3.63) is 0 Å². The minimum atomic E-state index is 0.123. The van der Waals surface area contributed by atoms with E-state index in [9.17, 15) is 0 Å². The highest BCUT2D eigenvalue weighted by atomic mass is 16.5. The molecule has 2 heterocycles. The summed E-state index contributed by atoms with van der Waals surface area (Å²) in [6.45, 7) is 9.80. The molecule has 0 aliphatic carbocycles. The van der Waals surface area contributed by atoms with Gasteiger partial charge in [-0.05, 0) is 52.4 Å². The lowest BCUT2D eigenvalue weighted by atomic mass is 9.85. The molecule has 19 heavy (non-hydrogen) atoms. The molecule has 0 radical (unpaired) electrons. The van der Waals surface area contributed by atoms with Crippen LogP contribution >= 0.6 is 0 Å². The maximum atomic E-state index is 6.06. The topological polar surface area (TPSA) is 30.5 Å². The number of nitrogens with one attached hydrogen (secondary N) is 1. The minimum absolute atomic E-state index is 0.123. The predicted octanol–water partition coefficient (Wildman–Crippen LogP) is 3.27. The molecule has 0 amide bonds. The molecule has 3 atom stereocenters. The van der Waals surface area contributed by atoms with Crippen LogP contribution in [0.15, 0.2) is 0 Å². The minimum Gasteiger partial charge on any atom is -0.375 e. The Kier molecular flexibility index (Phi) is 5.27. The molecule has 2 rings (SSSR count). The lowest BCUT2D eigenvalue weighted by Crippen LogP contribution is -2.51. The van der Waals surface area contributed by atoms with E-state index in [0.717, 1.165) is 38.7 Å². The second-order valence-electron chi connectivity index (χ2n) is 6.52. The number of hydrogen-bond donors (Lipinski definition) is 1. The molecular formula is C16H31NO2. The van der Waals surface area contributed by atoms with Gasteiger partial charge in [0, 0.05) is 18.7 Å². The fraction of sp³-hybridized carbons (Fsp3) is 1.00. The third-order valence-corrected chi connectivity index (χ3v) is 4.95. The average Bonchev–Trinajstić information content (AvgIpc) is 2.37. The Bertz CT molecular complexity index is 268. The first-order chi connectivity index (χ1) is 9.07. The third-order valence-electron chi connectivity index (χ3n) is 4.95. The van der Waals surface area contributed by atoms with E-state index in [4.69, 9.17) is 9.47 Å². The summed E-state index contributed by atoms with van der Waals surface area (Å²) in [5.41, 5.74) is 0.123. The summed E-state index contributed by atoms with van der Waals surface area (Å²) in [4.78, 5) is 0. The predicted molar refractivity (Wildman–Crippen MR) is 78.5 cm³/mol. The van der Waals surface area contributed by atoms with Crippen LogP contribution in [0.1, 0.15) is 66.2 Å². The zero-order valence-electron chi connectivity index (χ0n) is 13.1. The molecule has 3 unspecified atom stereocenters. The van der Waals surface area contributed by atoms with Gasteiger partial charge in [0.25, 0.3) is 0 Å². The van der Waals surface area contributed by atoms with Crippen molar-refractivity contribution >= 4 is 0 Å². The van der Waals surface area contributed by atoms with E-state index < -0.39 is 0 Å². The largest absolute Gasteiger partial charge is 0.375 e. The molecule has 1 N–H and O–H groups in total. The smallest absolute Gasteiger partial charge is 0.0692 e. The summed E-state index contributed by atoms with van der Waals surface area (Å²) in [7, 11) is 0. The van der Waals surface area contributed by atoms with Gasteiger partial charge in [-0.1, -0.05) is 13.8 Å². The molecule has 0 aromatic heterocycles. The molecule has 0 bridgehead atoms. The van der Waals surface area contributed by atoms with Crippen LogP contribution in [0.2, 0.25) is 0 Å². The quantitative estimate of drug-likeness (QED) is 0.849. The van der Waals surface area contributed by atoms with E-state index in [1.54, 1.807) is 0 Å². The SMILES string of the molecule is CCC1(CC)CC(NC2CC(C)OC(C)C2)CCO1. The van der Waals surface area contributed by atoms with Gasteiger partial charge < -0.3 is 14.8 Å². The van der Waals surface area contributed by atoms with Crippen LogP contribution in [0.5, 0.6) is 0 Å². The van der Waals surface area contributed by atoms with Crippen LogP contribution in [-0.2, 0) is 9.47 Å². The Balaban J connectivity index is 1.88. The van der Waals surface area contributed by atoms with Crippen molar-refractivity contribution in [1.82, 2.24) is 5.32 Å². The number of rotatable bonds is 4. The van der Waals surface area contributed by atoms with Crippen LogP contribution in [0.25, 0.3) is 0 Å². The van der Waals surface area contributed by atoms with Crippen molar-refractivity contribution in [2.45, 2.75) is 96.1 Å². The summed E-state index contributed by atoms with van der Waals surface area (Å²) >= 11 is 0. The third kappa shape index (κ3) is 3.93. The van der Waals surface area contributed by atoms with Crippen molar-refractivity contribution in [1.29, 1.82) is 0 Å². The Morgan fingerprint density at radius 2 is 1.68 bits per heavy atom. The first kappa shape index (κ1) is 15.3. The second kappa shape index (κ2) is 6.55. The molecule has 3 nitrogen and oxygen atoms in total. The Morgan fingerprint density at radius 3 is 2.26 bits per heavy atom. The van der Waals surface area contributed by atoms with Gasteiger partial charge in [-0.15, -0.1) is 0 Å². The van der Waals surface area contributed by atoms with Crippen LogP contribution in [0.3, 0.4) is 0 Å². The van der Waals surface area contributed by atoms with Gasteiger partial charge in [-0.25, -0.2) is 0 Å². The normalized spacial score (nSPS) is 39.2. The van der Waals surface area contributed by atoms with Crippen molar-refractivity contribution in [3.8, 4) is 0 Å². The highest BCUT2D eigenvalue weighted by Gasteiger charge is 2.36. The maximum Gasteiger partial charge on any atom is 0.0692 e. The Morgan fingerprint density at radius 1 is 1.05 bits per heavy atom. The highest BCUT2D eigenvalue weighted by Crippen LogP contribution is 2.32. The van der Waals surface area contributed by atoms with Gasteiger partial charge in [-0.3, -0.25) is 0 Å². The second-order valence-corrected chi connectivity index (χ2v) is 6.52. The van der Waals surface area contributed by atoms with Crippen molar-refractivity contribution < 1.29 is 9.47 Å². The number of hydrogen-bond acceptors (Lipinski definition) is 3.